The van der Waals surface area contributed by atoms with Crippen molar-refractivity contribution in [1.29, 1.82) is 0 Å². The van der Waals surface area contributed by atoms with E-state index < -0.39 is 23.7 Å². The molecule has 0 aliphatic heterocycles. The average Bonchev–Trinajstić information content (AvgIpc) is 2.75. The molecule has 2 N–H and O–H groups in total. The highest BCUT2D eigenvalue weighted by Gasteiger charge is 2.20. The van der Waals surface area contributed by atoms with Crippen LogP contribution in [0.3, 0.4) is 0 Å². The lowest BCUT2D eigenvalue weighted by atomic mass is 10.1. The summed E-state index contributed by atoms with van der Waals surface area (Å²) in [6.45, 7) is 1.73. The zero-order valence-corrected chi connectivity index (χ0v) is 16.5. The van der Waals surface area contributed by atoms with Crippen molar-refractivity contribution in [3.05, 3.63) is 95.6 Å². The summed E-state index contributed by atoms with van der Waals surface area (Å²) < 4.78 is 26.6. The molecule has 0 aromatic heterocycles. The summed E-state index contributed by atoms with van der Waals surface area (Å²) in [7, 11) is 1.59. The van der Waals surface area contributed by atoms with E-state index in [-0.39, 0.29) is 5.91 Å². The van der Waals surface area contributed by atoms with Crippen molar-refractivity contribution in [1.82, 2.24) is 4.90 Å². The van der Waals surface area contributed by atoms with E-state index in [1.807, 2.05) is 18.2 Å². The second kappa shape index (κ2) is 9.17. The number of hydrogen-bond acceptors (Lipinski definition) is 2. The lowest BCUT2D eigenvalue weighted by Crippen LogP contribution is -2.29. The number of rotatable bonds is 5. The van der Waals surface area contributed by atoms with Gasteiger partial charge in [-0.05, 0) is 61.0 Å². The van der Waals surface area contributed by atoms with Crippen LogP contribution in [0.1, 0.15) is 28.9 Å². The number of carbonyl (C=O) groups is 2. The molecule has 0 spiro atoms. The molecule has 3 aromatic rings. The van der Waals surface area contributed by atoms with E-state index in [1.165, 1.54) is 11.0 Å². The van der Waals surface area contributed by atoms with Crippen molar-refractivity contribution >= 4 is 23.3 Å². The van der Waals surface area contributed by atoms with Gasteiger partial charge in [-0.25, -0.2) is 13.6 Å². The van der Waals surface area contributed by atoms with Crippen LogP contribution in [-0.2, 0) is 0 Å². The topological polar surface area (TPSA) is 61.4 Å². The van der Waals surface area contributed by atoms with Gasteiger partial charge in [-0.15, -0.1) is 0 Å². The summed E-state index contributed by atoms with van der Waals surface area (Å²) in [6, 6.07) is 18.2. The van der Waals surface area contributed by atoms with Gasteiger partial charge >= 0.3 is 6.03 Å². The number of benzene rings is 3. The van der Waals surface area contributed by atoms with E-state index in [2.05, 4.69) is 10.6 Å². The van der Waals surface area contributed by atoms with Crippen LogP contribution in [0.5, 0.6) is 0 Å². The van der Waals surface area contributed by atoms with Gasteiger partial charge in [-0.1, -0.05) is 24.3 Å². The van der Waals surface area contributed by atoms with Crippen LogP contribution < -0.4 is 10.6 Å². The number of anilines is 2. The summed E-state index contributed by atoms with van der Waals surface area (Å²) >= 11 is 0. The summed E-state index contributed by atoms with van der Waals surface area (Å²) in [5.74, 6) is -2.17. The first-order chi connectivity index (χ1) is 14.3. The summed E-state index contributed by atoms with van der Waals surface area (Å²) in [6.07, 6.45) is 0. The molecule has 0 heterocycles. The quantitative estimate of drug-likeness (QED) is 0.589. The van der Waals surface area contributed by atoms with Crippen molar-refractivity contribution in [2.75, 3.05) is 17.7 Å². The van der Waals surface area contributed by atoms with Crippen molar-refractivity contribution in [2.24, 2.45) is 0 Å². The number of halogens is 2. The lowest BCUT2D eigenvalue weighted by molar-refractivity contribution is 0.0742. The molecule has 154 valence electrons. The maximum absolute atomic E-state index is 13.5. The van der Waals surface area contributed by atoms with Crippen LogP contribution in [0.15, 0.2) is 72.8 Å². The molecule has 0 aliphatic carbocycles. The van der Waals surface area contributed by atoms with Crippen molar-refractivity contribution in [3.63, 3.8) is 0 Å². The number of hydrogen-bond donors (Lipinski definition) is 2. The fraction of sp³-hybridized carbons (Fsp3) is 0.130. The monoisotopic (exact) mass is 409 g/mol. The van der Waals surface area contributed by atoms with Gasteiger partial charge in [0.25, 0.3) is 5.91 Å². The number of para-hydroxylation sites is 1. The molecular weight excluding hydrogens is 388 g/mol. The number of urea groups is 1. The Morgan fingerprint density at radius 3 is 2.03 bits per heavy atom. The van der Waals surface area contributed by atoms with Crippen LogP contribution in [-0.4, -0.2) is 23.9 Å². The number of carbonyl (C=O) groups excluding carboxylic acids is 2. The van der Waals surface area contributed by atoms with Gasteiger partial charge in [-0.2, -0.15) is 0 Å². The maximum atomic E-state index is 13.5. The van der Waals surface area contributed by atoms with Crippen LogP contribution in [0.4, 0.5) is 25.0 Å². The minimum absolute atomic E-state index is 0.285. The fourth-order valence-corrected chi connectivity index (χ4v) is 2.89. The molecule has 1 unspecified atom stereocenters. The smallest absolute Gasteiger partial charge is 0.323 e. The minimum Gasteiger partial charge on any atom is -0.335 e. The Hall–Kier alpha value is -3.74. The van der Waals surface area contributed by atoms with E-state index >= 15 is 0 Å². The zero-order valence-electron chi connectivity index (χ0n) is 16.5. The largest absolute Gasteiger partial charge is 0.335 e. The fourth-order valence-electron chi connectivity index (χ4n) is 2.89. The third-order valence-corrected chi connectivity index (χ3v) is 4.75. The van der Waals surface area contributed by atoms with E-state index in [0.29, 0.717) is 22.5 Å². The lowest BCUT2D eigenvalue weighted by Gasteiger charge is -2.25. The number of amides is 3. The second-order valence-corrected chi connectivity index (χ2v) is 6.79. The number of nitrogens with one attached hydrogen (secondary N) is 2. The molecular formula is C23H21F2N3O2. The Kier molecular flexibility index (Phi) is 6.41. The molecule has 3 amide bonds. The van der Waals surface area contributed by atoms with Gasteiger partial charge in [-0.3, -0.25) is 4.79 Å². The van der Waals surface area contributed by atoms with Crippen molar-refractivity contribution < 1.29 is 18.4 Å². The van der Waals surface area contributed by atoms with Crippen LogP contribution in [0, 0.1) is 11.6 Å². The second-order valence-electron chi connectivity index (χ2n) is 6.79. The van der Waals surface area contributed by atoms with E-state index in [0.717, 1.165) is 12.1 Å². The number of nitrogens with zero attached hydrogens (tertiary/aromatic N) is 1. The first-order valence-corrected chi connectivity index (χ1v) is 9.30. The molecule has 0 fully saturated rings. The molecule has 30 heavy (non-hydrogen) atoms. The molecule has 0 aliphatic rings. The predicted molar refractivity (Wildman–Crippen MR) is 112 cm³/mol. The predicted octanol–water partition coefficient (Wildman–Crippen LogP) is 5.44. The van der Waals surface area contributed by atoms with Crippen molar-refractivity contribution in [3.8, 4) is 0 Å². The van der Waals surface area contributed by atoms with Crippen molar-refractivity contribution in [2.45, 2.75) is 13.0 Å². The molecule has 3 rings (SSSR count). The highest BCUT2D eigenvalue weighted by Crippen LogP contribution is 2.23. The van der Waals surface area contributed by atoms with E-state index in [9.17, 15) is 18.4 Å². The van der Waals surface area contributed by atoms with E-state index in [1.54, 1.807) is 50.4 Å². The normalized spacial score (nSPS) is 11.5. The molecule has 3 aromatic carbocycles. The Morgan fingerprint density at radius 2 is 1.43 bits per heavy atom. The first kappa shape index (κ1) is 21.0. The summed E-state index contributed by atoms with van der Waals surface area (Å²) in [4.78, 5) is 26.2. The van der Waals surface area contributed by atoms with Crippen LogP contribution in [0.25, 0.3) is 0 Å². The summed E-state index contributed by atoms with van der Waals surface area (Å²) in [5.41, 5.74) is 2.08. The van der Waals surface area contributed by atoms with Gasteiger partial charge in [0.05, 0.1) is 6.04 Å². The highest BCUT2D eigenvalue weighted by atomic mass is 19.2. The molecule has 0 radical (unpaired) electrons. The van der Waals surface area contributed by atoms with Gasteiger partial charge in [0, 0.05) is 24.0 Å². The minimum atomic E-state index is -0.954. The molecule has 0 saturated heterocycles. The molecule has 5 nitrogen and oxygen atoms in total. The Balaban J connectivity index is 1.63. The Bertz CT molecular complexity index is 1040. The van der Waals surface area contributed by atoms with Gasteiger partial charge in [0.15, 0.2) is 11.6 Å². The Morgan fingerprint density at radius 1 is 0.833 bits per heavy atom. The van der Waals surface area contributed by atoms with Crippen LogP contribution >= 0.6 is 0 Å². The zero-order chi connectivity index (χ0) is 21.7. The summed E-state index contributed by atoms with van der Waals surface area (Å²) in [5, 5.41) is 5.40. The molecule has 0 bridgehead atoms. The molecule has 7 heteroatoms. The third-order valence-electron chi connectivity index (χ3n) is 4.75. The maximum Gasteiger partial charge on any atom is 0.323 e. The van der Waals surface area contributed by atoms with Gasteiger partial charge in [0.2, 0.25) is 0 Å². The first-order valence-electron chi connectivity index (χ1n) is 9.30. The van der Waals surface area contributed by atoms with Crippen LogP contribution in [0.2, 0.25) is 0 Å². The standard InChI is InChI=1S/C23H21F2N3O2/c1-15(17-10-13-20(24)21(25)14-17)28(2)22(29)16-8-11-19(12-9-16)27-23(30)26-18-6-4-3-5-7-18/h3-15H,1-2H3,(H2,26,27,30). The average molecular weight is 409 g/mol. The highest BCUT2D eigenvalue weighted by molar-refractivity contribution is 6.00. The Labute approximate surface area is 173 Å². The SMILES string of the molecule is CC(c1ccc(F)c(F)c1)N(C)C(=O)c1ccc(NC(=O)Nc2ccccc2)cc1. The van der Waals surface area contributed by atoms with Gasteiger partial charge in [0.1, 0.15) is 0 Å². The van der Waals surface area contributed by atoms with Gasteiger partial charge < -0.3 is 15.5 Å². The van der Waals surface area contributed by atoms with E-state index in [4.69, 9.17) is 0 Å². The third kappa shape index (κ3) is 5.00. The molecule has 0 saturated carbocycles. The molecule has 1 atom stereocenters.